The number of sulfonamides is 1. The van der Waals surface area contributed by atoms with Gasteiger partial charge < -0.3 is 15.4 Å². The molecule has 0 unspecified atom stereocenters. The first-order valence-corrected chi connectivity index (χ1v) is 9.69. The zero-order valence-corrected chi connectivity index (χ0v) is 14.9. The smallest absolute Gasteiger partial charge is 0.286 e. The van der Waals surface area contributed by atoms with Gasteiger partial charge in [-0.25, -0.2) is 0 Å². The van der Waals surface area contributed by atoms with E-state index < -0.39 is 10.0 Å². The standard InChI is InChI=1S/C16H15N3O4S2/c1-23-13-8-4-2-6-11(13)17-15(20)10-24-16-18-12-7-3-5-9-14(12)25(21,22)19-16/h2-9H,10H2,1H3,(H,17,20)(H,18,19). The number of carbonyl (C=O) groups excluding carboxylic acids is 1. The molecule has 0 atom stereocenters. The fourth-order valence-corrected chi connectivity index (χ4v) is 4.26. The molecule has 1 amide bonds. The molecule has 1 heterocycles. The van der Waals surface area contributed by atoms with Crippen LogP contribution in [0.15, 0.2) is 57.8 Å². The van der Waals surface area contributed by atoms with Gasteiger partial charge in [0.05, 0.1) is 24.2 Å². The van der Waals surface area contributed by atoms with Crippen molar-refractivity contribution >= 4 is 44.2 Å². The van der Waals surface area contributed by atoms with Crippen molar-refractivity contribution in [2.75, 3.05) is 23.5 Å². The molecule has 2 aromatic rings. The number of anilines is 2. The van der Waals surface area contributed by atoms with Crippen LogP contribution < -0.4 is 15.4 Å². The van der Waals surface area contributed by atoms with Crippen molar-refractivity contribution in [1.82, 2.24) is 0 Å². The maximum atomic E-state index is 12.1. The number of nitrogens with zero attached hydrogens (tertiary/aromatic N) is 1. The van der Waals surface area contributed by atoms with Gasteiger partial charge in [0.2, 0.25) is 5.91 Å². The first-order valence-electron chi connectivity index (χ1n) is 7.26. The van der Waals surface area contributed by atoms with Crippen LogP contribution in [0.4, 0.5) is 11.4 Å². The van der Waals surface area contributed by atoms with E-state index in [2.05, 4.69) is 15.0 Å². The molecule has 0 saturated heterocycles. The highest BCUT2D eigenvalue weighted by Gasteiger charge is 2.24. The Hall–Kier alpha value is -2.52. The van der Waals surface area contributed by atoms with Crippen LogP contribution in [0.2, 0.25) is 0 Å². The summed E-state index contributed by atoms with van der Waals surface area (Å²) in [6.07, 6.45) is 0. The predicted molar refractivity (Wildman–Crippen MR) is 98.8 cm³/mol. The number of thioether (sulfide) groups is 1. The summed E-state index contributed by atoms with van der Waals surface area (Å²) in [4.78, 5) is 12.2. The number of rotatable bonds is 4. The Labute approximate surface area is 149 Å². The molecule has 1 aliphatic rings. The van der Waals surface area contributed by atoms with E-state index in [-0.39, 0.29) is 21.7 Å². The largest absolute Gasteiger partial charge is 0.495 e. The van der Waals surface area contributed by atoms with Gasteiger partial charge in [0.25, 0.3) is 10.0 Å². The number of benzene rings is 2. The molecule has 0 saturated carbocycles. The van der Waals surface area contributed by atoms with E-state index in [1.807, 2.05) is 0 Å². The third-order valence-corrected chi connectivity index (χ3v) is 5.65. The second-order valence-corrected chi connectivity index (χ2v) is 7.57. The number of amides is 1. The van der Waals surface area contributed by atoms with Crippen molar-refractivity contribution in [1.29, 1.82) is 0 Å². The molecule has 25 heavy (non-hydrogen) atoms. The number of amidine groups is 1. The number of carbonyl (C=O) groups is 1. The Morgan fingerprint density at radius 2 is 1.92 bits per heavy atom. The molecule has 0 radical (unpaired) electrons. The minimum atomic E-state index is -3.76. The van der Waals surface area contributed by atoms with Crippen LogP contribution in [0, 0.1) is 0 Å². The Kier molecular flexibility index (Phi) is 4.95. The summed E-state index contributed by atoms with van der Waals surface area (Å²) in [5, 5.41) is 5.81. The molecule has 2 N–H and O–H groups in total. The number of methoxy groups -OCH3 is 1. The molecular weight excluding hydrogens is 362 g/mol. The summed E-state index contributed by atoms with van der Waals surface area (Å²) in [6, 6.07) is 13.5. The van der Waals surface area contributed by atoms with E-state index >= 15 is 0 Å². The molecule has 3 rings (SSSR count). The van der Waals surface area contributed by atoms with Crippen LogP contribution in [0.25, 0.3) is 0 Å². The van der Waals surface area contributed by atoms with Crippen molar-refractivity contribution in [3.63, 3.8) is 0 Å². The van der Waals surface area contributed by atoms with E-state index in [0.29, 0.717) is 17.1 Å². The zero-order chi connectivity index (χ0) is 17.9. The number of nitrogens with one attached hydrogen (secondary N) is 2. The highest BCUT2D eigenvalue weighted by atomic mass is 32.2. The summed E-state index contributed by atoms with van der Waals surface area (Å²) in [5.74, 6) is 0.252. The van der Waals surface area contributed by atoms with Gasteiger partial charge in [-0.2, -0.15) is 8.42 Å². The molecule has 1 aliphatic heterocycles. The van der Waals surface area contributed by atoms with Crippen LogP contribution in [0.5, 0.6) is 5.75 Å². The second kappa shape index (κ2) is 7.16. The topological polar surface area (TPSA) is 96.9 Å². The normalized spacial score (nSPS) is 14.7. The molecule has 7 nitrogen and oxygen atoms in total. The van der Waals surface area contributed by atoms with Gasteiger partial charge in [-0.3, -0.25) is 4.79 Å². The van der Waals surface area contributed by atoms with E-state index in [4.69, 9.17) is 4.74 Å². The number of para-hydroxylation sites is 3. The van der Waals surface area contributed by atoms with Crippen LogP contribution in [0.1, 0.15) is 0 Å². The monoisotopic (exact) mass is 377 g/mol. The fraction of sp³-hybridized carbons (Fsp3) is 0.125. The maximum Gasteiger partial charge on any atom is 0.286 e. The van der Waals surface area contributed by atoms with Crippen LogP contribution in [0.3, 0.4) is 0 Å². The van der Waals surface area contributed by atoms with Crippen LogP contribution in [-0.4, -0.2) is 32.4 Å². The lowest BCUT2D eigenvalue weighted by Gasteiger charge is -2.17. The van der Waals surface area contributed by atoms with Gasteiger partial charge in [0.1, 0.15) is 10.6 Å². The molecule has 0 spiro atoms. The van der Waals surface area contributed by atoms with E-state index in [1.165, 1.54) is 13.2 Å². The van der Waals surface area contributed by atoms with E-state index in [0.717, 1.165) is 11.8 Å². The Morgan fingerprint density at radius 1 is 1.20 bits per heavy atom. The first kappa shape index (κ1) is 17.3. The predicted octanol–water partition coefficient (Wildman–Crippen LogP) is 2.54. The van der Waals surface area contributed by atoms with Crippen LogP contribution in [-0.2, 0) is 14.8 Å². The first-order chi connectivity index (χ1) is 12.0. The number of fused-ring (bicyclic) bond motifs is 1. The molecule has 9 heteroatoms. The molecule has 0 bridgehead atoms. The lowest BCUT2D eigenvalue weighted by Crippen LogP contribution is -2.22. The SMILES string of the molecule is COc1ccccc1NC(=O)CSC1=NS(=O)(=O)c2ccccc2N1. The third-order valence-electron chi connectivity index (χ3n) is 3.33. The lowest BCUT2D eigenvalue weighted by molar-refractivity contribution is -0.113. The van der Waals surface area contributed by atoms with E-state index in [1.54, 1.807) is 42.5 Å². The highest BCUT2D eigenvalue weighted by Crippen LogP contribution is 2.29. The van der Waals surface area contributed by atoms with Gasteiger partial charge in [-0.05, 0) is 24.3 Å². The summed E-state index contributed by atoms with van der Waals surface area (Å²) in [5.41, 5.74) is 0.997. The molecule has 0 aliphatic carbocycles. The number of ether oxygens (including phenoxy) is 1. The minimum Gasteiger partial charge on any atom is -0.495 e. The number of hydrogen-bond donors (Lipinski definition) is 2. The van der Waals surface area contributed by atoms with Crippen molar-refractivity contribution in [3.8, 4) is 5.75 Å². The minimum absolute atomic E-state index is 0.00156. The average Bonchev–Trinajstić information content (AvgIpc) is 2.60. The lowest BCUT2D eigenvalue weighted by atomic mass is 10.3. The second-order valence-electron chi connectivity index (χ2n) is 5.03. The van der Waals surface area contributed by atoms with Crippen molar-refractivity contribution in [2.45, 2.75) is 4.90 Å². The Balaban J connectivity index is 1.66. The Morgan fingerprint density at radius 3 is 2.72 bits per heavy atom. The molecule has 0 aromatic heterocycles. The van der Waals surface area contributed by atoms with Gasteiger partial charge in [-0.1, -0.05) is 36.0 Å². The van der Waals surface area contributed by atoms with Crippen molar-refractivity contribution < 1.29 is 17.9 Å². The molecule has 2 aromatic carbocycles. The highest BCUT2D eigenvalue weighted by molar-refractivity contribution is 8.15. The summed E-state index contributed by atoms with van der Waals surface area (Å²) < 4.78 is 33.2. The van der Waals surface area contributed by atoms with Crippen LogP contribution >= 0.6 is 11.8 Å². The van der Waals surface area contributed by atoms with Gasteiger partial charge in [0.15, 0.2) is 5.17 Å². The quantitative estimate of drug-likeness (QED) is 0.850. The molecular formula is C16H15N3O4S2. The number of hydrogen-bond acceptors (Lipinski definition) is 6. The third kappa shape index (κ3) is 3.94. The zero-order valence-electron chi connectivity index (χ0n) is 13.2. The summed E-state index contributed by atoms with van der Waals surface area (Å²) in [7, 11) is -2.24. The maximum absolute atomic E-state index is 12.1. The summed E-state index contributed by atoms with van der Waals surface area (Å²) >= 11 is 1.01. The van der Waals surface area contributed by atoms with Gasteiger partial charge in [-0.15, -0.1) is 4.40 Å². The fourth-order valence-electron chi connectivity index (χ4n) is 2.22. The van der Waals surface area contributed by atoms with Crippen molar-refractivity contribution in [3.05, 3.63) is 48.5 Å². The van der Waals surface area contributed by atoms with Crippen molar-refractivity contribution in [2.24, 2.45) is 4.40 Å². The molecule has 0 fully saturated rings. The van der Waals surface area contributed by atoms with Gasteiger partial charge in [0, 0.05) is 0 Å². The summed E-state index contributed by atoms with van der Waals surface area (Å²) in [6.45, 7) is 0. The van der Waals surface area contributed by atoms with E-state index in [9.17, 15) is 13.2 Å². The average molecular weight is 377 g/mol. The van der Waals surface area contributed by atoms with Gasteiger partial charge >= 0.3 is 0 Å². The molecule has 130 valence electrons. The Bertz CT molecular complexity index is 942.